The van der Waals surface area contributed by atoms with Crippen LogP contribution in [0.15, 0.2) is 34.9 Å². The number of likely N-dealkylation sites (tertiary alicyclic amines) is 1. The maximum atomic E-state index is 12.6. The number of ketones is 1. The lowest BCUT2D eigenvalue weighted by atomic mass is 9.89. The van der Waals surface area contributed by atoms with Crippen LogP contribution in [0.2, 0.25) is 0 Å². The lowest BCUT2D eigenvalue weighted by molar-refractivity contribution is -0.129. The third kappa shape index (κ3) is 5.63. The van der Waals surface area contributed by atoms with Crippen molar-refractivity contribution in [3.05, 3.63) is 41.7 Å². The van der Waals surface area contributed by atoms with Crippen molar-refractivity contribution in [1.29, 1.82) is 0 Å². The zero-order chi connectivity index (χ0) is 21.7. The van der Waals surface area contributed by atoms with Crippen LogP contribution in [0.4, 0.5) is 5.82 Å². The number of hydrogen-bond donors (Lipinski definition) is 2. The molecule has 0 bridgehead atoms. The lowest BCUT2D eigenvalue weighted by Gasteiger charge is -2.31. The summed E-state index contributed by atoms with van der Waals surface area (Å²) in [6.45, 7) is 4.52. The minimum Gasteiger partial charge on any atom is -0.508 e. The molecule has 0 radical (unpaired) electrons. The standard InChI is InChI=1S/C21H25N3O5S/c1-13-11-18(23-29-13)22-21(28)14(2)30-12-19(26)24-9-7-16(8-10-24)20(27)15-3-5-17(25)6-4-15/h3-6,11,14,16,25H,7-10,12H2,1-2H3,(H,22,23,28)/t14-/m1/s1. The van der Waals surface area contributed by atoms with Crippen LogP contribution in [0.1, 0.15) is 35.9 Å². The molecule has 9 heteroatoms. The number of aromatic hydroxyl groups is 1. The topological polar surface area (TPSA) is 113 Å². The smallest absolute Gasteiger partial charge is 0.238 e. The molecule has 1 atom stereocenters. The SMILES string of the molecule is Cc1cc(NC(=O)[C@@H](C)SCC(=O)N2CCC(C(=O)c3ccc(O)cc3)CC2)no1. The molecule has 160 valence electrons. The Hall–Kier alpha value is -2.81. The number of aromatic nitrogens is 1. The van der Waals surface area contributed by atoms with Crippen LogP contribution in [0.5, 0.6) is 5.75 Å². The van der Waals surface area contributed by atoms with E-state index in [0.29, 0.717) is 43.1 Å². The van der Waals surface area contributed by atoms with Crippen LogP contribution in [-0.4, -0.2) is 56.9 Å². The number of hydrogen-bond acceptors (Lipinski definition) is 7. The Morgan fingerprint density at radius 3 is 2.53 bits per heavy atom. The largest absolute Gasteiger partial charge is 0.508 e. The highest BCUT2D eigenvalue weighted by atomic mass is 32.2. The minimum atomic E-state index is -0.417. The van der Waals surface area contributed by atoms with Gasteiger partial charge in [0.2, 0.25) is 11.8 Å². The molecule has 1 aromatic heterocycles. The van der Waals surface area contributed by atoms with Crippen molar-refractivity contribution in [3.8, 4) is 5.75 Å². The van der Waals surface area contributed by atoms with Crippen molar-refractivity contribution in [2.24, 2.45) is 5.92 Å². The molecule has 1 aliphatic rings. The highest BCUT2D eigenvalue weighted by molar-refractivity contribution is 8.01. The van der Waals surface area contributed by atoms with Crippen LogP contribution in [0.3, 0.4) is 0 Å². The van der Waals surface area contributed by atoms with Crippen LogP contribution >= 0.6 is 11.8 Å². The van der Waals surface area contributed by atoms with Crippen molar-refractivity contribution in [2.45, 2.75) is 31.9 Å². The van der Waals surface area contributed by atoms with E-state index in [0.717, 1.165) is 0 Å². The van der Waals surface area contributed by atoms with Crippen molar-refractivity contribution in [2.75, 3.05) is 24.2 Å². The summed E-state index contributed by atoms with van der Waals surface area (Å²) >= 11 is 1.27. The Bertz CT molecular complexity index is 904. The van der Waals surface area contributed by atoms with E-state index in [-0.39, 0.29) is 35.0 Å². The van der Waals surface area contributed by atoms with E-state index >= 15 is 0 Å². The highest BCUT2D eigenvalue weighted by Crippen LogP contribution is 2.24. The van der Waals surface area contributed by atoms with Crippen molar-refractivity contribution in [1.82, 2.24) is 10.1 Å². The summed E-state index contributed by atoms with van der Waals surface area (Å²) < 4.78 is 4.91. The van der Waals surface area contributed by atoms with Gasteiger partial charge in [0.15, 0.2) is 11.6 Å². The van der Waals surface area contributed by atoms with Gasteiger partial charge < -0.3 is 19.8 Å². The third-order valence-electron chi connectivity index (χ3n) is 5.08. The van der Waals surface area contributed by atoms with E-state index in [1.807, 2.05) is 0 Å². The first-order chi connectivity index (χ1) is 14.3. The van der Waals surface area contributed by atoms with Crippen molar-refractivity contribution < 1.29 is 24.0 Å². The van der Waals surface area contributed by atoms with Crippen molar-refractivity contribution >= 4 is 35.2 Å². The van der Waals surface area contributed by atoms with E-state index in [4.69, 9.17) is 4.52 Å². The number of nitrogens with zero attached hydrogens (tertiary/aromatic N) is 2. The molecule has 2 heterocycles. The van der Waals surface area contributed by atoms with Crippen LogP contribution < -0.4 is 5.32 Å². The lowest BCUT2D eigenvalue weighted by Crippen LogP contribution is -2.41. The third-order valence-corrected chi connectivity index (χ3v) is 6.20. The second kappa shape index (κ2) is 9.80. The number of rotatable bonds is 7. The Morgan fingerprint density at radius 2 is 1.93 bits per heavy atom. The molecule has 1 fully saturated rings. The van der Waals surface area contributed by atoms with E-state index in [1.165, 1.54) is 23.9 Å². The van der Waals surface area contributed by atoms with Gasteiger partial charge in [0.1, 0.15) is 11.5 Å². The number of benzene rings is 1. The normalized spacial score (nSPS) is 15.6. The molecule has 2 aromatic rings. The first-order valence-electron chi connectivity index (χ1n) is 9.80. The fraction of sp³-hybridized carbons (Fsp3) is 0.429. The van der Waals surface area contributed by atoms with Gasteiger partial charge in [-0.3, -0.25) is 14.4 Å². The monoisotopic (exact) mass is 431 g/mol. The Balaban J connectivity index is 1.42. The molecule has 3 rings (SSSR count). The fourth-order valence-corrected chi connectivity index (χ4v) is 4.05. The maximum absolute atomic E-state index is 12.6. The summed E-state index contributed by atoms with van der Waals surface area (Å²) in [6, 6.07) is 7.88. The Morgan fingerprint density at radius 1 is 1.27 bits per heavy atom. The van der Waals surface area contributed by atoms with Gasteiger partial charge >= 0.3 is 0 Å². The summed E-state index contributed by atoms with van der Waals surface area (Å²) in [5.74, 6) is 0.940. The molecule has 0 saturated carbocycles. The van der Waals surface area contributed by atoms with Gasteiger partial charge in [0, 0.05) is 30.6 Å². The second-order valence-corrected chi connectivity index (χ2v) is 8.66. The summed E-state index contributed by atoms with van der Waals surface area (Å²) in [6.07, 6.45) is 1.22. The zero-order valence-corrected chi connectivity index (χ0v) is 17.8. The van der Waals surface area contributed by atoms with Gasteiger partial charge in [0.05, 0.1) is 11.0 Å². The highest BCUT2D eigenvalue weighted by Gasteiger charge is 2.28. The van der Waals surface area contributed by atoms with E-state index in [2.05, 4.69) is 10.5 Å². The number of carbonyl (C=O) groups is 3. The maximum Gasteiger partial charge on any atom is 0.238 e. The van der Waals surface area contributed by atoms with Gasteiger partial charge in [0.25, 0.3) is 0 Å². The molecule has 0 aliphatic carbocycles. The summed E-state index contributed by atoms with van der Waals surface area (Å²) in [4.78, 5) is 39.0. The molecule has 0 spiro atoms. The molecule has 2 N–H and O–H groups in total. The first kappa shape index (κ1) is 21.9. The van der Waals surface area contributed by atoms with Gasteiger partial charge in [-0.05, 0) is 51.0 Å². The Labute approximate surface area is 179 Å². The first-order valence-corrected chi connectivity index (χ1v) is 10.8. The number of Topliss-reactive ketones (excluding diaryl/α,β-unsaturated/α-hetero) is 1. The van der Waals surface area contributed by atoms with E-state index in [1.54, 1.807) is 36.9 Å². The van der Waals surface area contributed by atoms with Crippen LogP contribution in [-0.2, 0) is 9.59 Å². The fourth-order valence-electron chi connectivity index (χ4n) is 3.27. The van der Waals surface area contributed by atoms with Crippen LogP contribution in [0.25, 0.3) is 0 Å². The predicted molar refractivity (Wildman–Crippen MR) is 114 cm³/mol. The molecule has 1 aliphatic heterocycles. The molecule has 8 nitrogen and oxygen atoms in total. The van der Waals surface area contributed by atoms with E-state index < -0.39 is 5.25 Å². The summed E-state index contributed by atoms with van der Waals surface area (Å²) in [5, 5.41) is 15.3. The number of anilines is 1. The number of phenols is 1. The predicted octanol–water partition coefficient (Wildman–Crippen LogP) is 2.87. The molecular weight excluding hydrogens is 406 g/mol. The second-order valence-electron chi connectivity index (χ2n) is 7.33. The van der Waals surface area contributed by atoms with Gasteiger partial charge in [-0.25, -0.2) is 0 Å². The molecule has 2 amide bonds. The number of carbonyl (C=O) groups excluding carboxylic acids is 3. The molecule has 30 heavy (non-hydrogen) atoms. The summed E-state index contributed by atoms with van der Waals surface area (Å²) in [5.41, 5.74) is 0.579. The zero-order valence-electron chi connectivity index (χ0n) is 17.0. The van der Waals surface area contributed by atoms with E-state index in [9.17, 15) is 19.5 Å². The van der Waals surface area contributed by atoms with Gasteiger partial charge in [-0.1, -0.05) is 5.16 Å². The average molecular weight is 432 g/mol. The van der Waals surface area contributed by atoms with Crippen molar-refractivity contribution in [3.63, 3.8) is 0 Å². The number of nitrogens with one attached hydrogen (secondary N) is 1. The van der Waals surface area contributed by atoms with Crippen LogP contribution in [0, 0.1) is 12.8 Å². The quantitative estimate of drug-likeness (QED) is 0.648. The number of aryl methyl sites for hydroxylation is 1. The number of amides is 2. The number of thioether (sulfide) groups is 1. The molecule has 1 saturated heterocycles. The Kier molecular flexibility index (Phi) is 7.15. The molecule has 0 unspecified atom stereocenters. The summed E-state index contributed by atoms with van der Waals surface area (Å²) in [7, 11) is 0. The number of piperidine rings is 1. The molecule has 1 aromatic carbocycles. The number of phenolic OH excluding ortho intramolecular Hbond substituents is 1. The molecular formula is C21H25N3O5S. The minimum absolute atomic E-state index is 0.0348. The van der Waals surface area contributed by atoms with Gasteiger partial charge in [-0.15, -0.1) is 11.8 Å². The average Bonchev–Trinajstić information content (AvgIpc) is 3.16. The van der Waals surface area contributed by atoms with Gasteiger partial charge in [-0.2, -0.15) is 0 Å².